The molecule has 1 aliphatic rings. The molecule has 0 bridgehead atoms. The minimum Gasteiger partial charge on any atom is -0.497 e. The molecule has 2 rings (SSSR count). The molecular weight excluding hydrogens is 286 g/mol. The largest absolute Gasteiger partial charge is 0.497 e. The maximum absolute atomic E-state index is 12.1. The van der Waals surface area contributed by atoms with Crippen LogP contribution in [-0.4, -0.2) is 42.3 Å². The zero-order valence-corrected chi connectivity index (χ0v) is 12.7. The molecule has 2 N–H and O–H groups in total. The third-order valence-electron chi connectivity index (χ3n) is 3.65. The third-order valence-corrected chi connectivity index (χ3v) is 3.65. The standard InChI is InChI=1S/C16H21NO5/c1-10(8-11-4-3-5-12(9-11)21-2)17-15(18)13-6-7-14(22-13)16(19)20/h3-5,9-10,13-14H,6-8H2,1-2H3,(H,17,18)(H,19,20)/t10?,13-,14+/m0/s1. The minimum atomic E-state index is -1.01. The first-order valence-electron chi connectivity index (χ1n) is 7.31. The van der Waals surface area contributed by atoms with Crippen LogP contribution in [0.2, 0.25) is 0 Å². The van der Waals surface area contributed by atoms with E-state index in [1.807, 2.05) is 31.2 Å². The Morgan fingerprint density at radius 1 is 1.41 bits per heavy atom. The molecule has 22 heavy (non-hydrogen) atoms. The topological polar surface area (TPSA) is 84.9 Å². The Balaban J connectivity index is 1.85. The molecule has 1 aromatic rings. The van der Waals surface area contributed by atoms with Crippen LogP contribution >= 0.6 is 0 Å². The van der Waals surface area contributed by atoms with Crippen molar-refractivity contribution in [2.75, 3.05) is 7.11 Å². The monoisotopic (exact) mass is 307 g/mol. The highest BCUT2D eigenvalue weighted by molar-refractivity contribution is 5.82. The van der Waals surface area contributed by atoms with Crippen molar-refractivity contribution in [3.63, 3.8) is 0 Å². The predicted molar refractivity (Wildman–Crippen MR) is 79.8 cm³/mol. The maximum atomic E-state index is 12.1. The average molecular weight is 307 g/mol. The summed E-state index contributed by atoms with van der Waals surface area (Å²) in [4.78, 5) is 22.9. The van der Waals surface area contributed by atoms with Gasteiger partial charge in [-0.1, -0.05) is 12.1 Å². The number of rotatable bonds is 6. The van der Waals surface area contributed by atoms with Crippen molar-refractivity contribution in [3.8, 4) is 5.75 Å². The van der Waals surface area contributed by atoms with Gasteiger partial charge in [0.2, 0.25) is 5.91 Å². The summed E-state index contributed by atoms with van der Waals surface area (Å²) in [5.74, 6) is -0.488. The van der Waals surface area contributed by atoms with Gasteiger partial charge in [0.15, 0.2) is 6.10 Å². The SMILES string of the molecule is COc1cccc(CC(C)NC(=O)[C@@H]2CC[C@H](C(=O)O)O2)c1. The number of carboxylic acids is 1. The van der Waals surface area contributed by atoms with E-state index in [-0.39, 0.29) is 11.9 Å². The predicted octanol–water partition coefficient (Wildman–Crippen LogP) is 1.37. The van der Waals surface area contributed by atoms with Gasteiger partial charge in [-0.3, -0.25) is 4.79 Å². The van der Waals surface area contributed by atoms with E-state index in [1.165, 1.54) is 0 Å². The summed E-state index contributed by atoms with van der Waals surface area (Å²) < 4.78 is 10.4. The molecule has 3 atom stereocenters. The zero-order valence-electron chi connectivity index (χ0n) is 12.7. The first kappa shape index (κ1) is 16.3. The zero-order chi connectivity index (χ0) is 16.1. The molecule has 1 unspecified atom stereocenters. The molecule has 1 heterocycles. The van der Waals surface area contributed by atoms with Gasteiger partial charge in [0.05, 0.1) is 7.11 Å². The Morgan fingerprint density at radius 3 is 2.77 bits per heavy atom. The van der Waals surface area contributed by atoms with Crippen molar-refractivity contribution in [2.24, 2.45) is 0 Å². The molecule has 0 aromatic heterocycles. The van der Waals surface area contributed by atoms with Crippen LogP contribution in [0, 0.1) is 0 Å². The van der Waals surface area contributed by atoms with Gasteiger partial charge in [-0.15, -0.1) is 0 Å². The lowest BCUT2D eigenvalue weighted by atomic mass is 10.1. The molecule has 0 aliphatic carbocycles. The summed E-state index contributed by atoms with van der Waals surface area (Å²) in [5.41, 5.74) is 1.06. The van der Waals surface area contributed by atoms with E-state index >= 15 is 0 Å². The Labute approximate surface area is 129 Å². The number of carbonyl (C=O) groups excluding carboxylic acids is 1. The number of amides is 1. The van der Waals surface area contributed by atoms with E-state index in [4.69, 9.17) is 14.6 Å². The van der Waals surface area contributed by atoms with Crippen LogP contribution in [0.25, 0.3) is 0 Å². The summed E-state index contributed by atoms with van der Waals surface area (Å²) in [7, 11) is 1.61. The number of hydrogen-bond donors (Lipinski definition) is 2. The van der Waals surface area contributed by atoms with E-state index in [0.29, 0.717) is 19.3 Å². The Morgan fingerprint density at radius 2 is 2.14 bits per heavy atom. The fourth-order valence-corrected chi connectivity index (χ4v) is 2.55. The highest BCUT2D eigenvalue weighted by atomic mass is 16.5. The third kappa shape index (κ3) is 4.21. The number of aliphatic carboxylic acids is 1. The lowest BCUT2D eigenvalue weighted by molar-refractivity contribution is -0.151. The van der Waals surface area contributed by atoms with Crippen molar-refractivity contribution in [1.82, 2.24) is 5.32 Å². The number of hydrogen-bond acceptors (Lipinski definition) is 4. The van der Waals surface area contributed by atoms with Gasteiger partial charge >= 0.3 is 5.97 Å². The molecular formula is C16H21NO5. The maximum Gasteiger partial charge on any atom is 0.332 e. The van der Waals surface area contributed by atoms with Crippen LogP contribution < -0.4 is 10.1 Å². The molecule has 120 valence electrons. The van der Waals surface area contributed by atoms with Crippen LogP contribution in [0.1, 0.15) is 25.3 Å². The highest BCUT2D eigenvalue weighted by Crippen LogP contribution is 2.20. The normalized spacial score (nSPS) is 22.1. The Hall–Kier alpha value is -2.08. The van der Waals surface area contributed by atoms with Gasteiger partial charge in [-0.05, 0) is 43.9 Å². The van der Waals surface area contributed by atoms with Crippen LogP contribution in [0.15, 0.2) is 24.3 Å². The van der Waals surface area contributed by atoms with Gasteiger partial charge in [0.1, 0.15) is 11.9 Å². The Bertz CT molecular complexity index is 545. The number of nitrogens with one attached hydrogen (secondary N) is 1. The molecule has 0 radical (unpaired) electrons. The number of methoxy groups -OCH3 is 1. The summed E-state index contributed by atoms with van der Waals surface area (Å²) in [6.45, 7) is 1.90. The van der Waals surface area contributed by atoms with Gasteiger partial charge in [0, 0.05) is 6.04 Å². The van der Waals surface area contributed by atoms with Crippen molar-refractivity contribution >= 4 is 11.9 Å². The van der Waals surface area contributed by atoms with Crippen molar-refractivity contribution in [3.05, 3.63) is 29.8 Å². The summed E-state index contributed by atoms with van der Waals surface area (Å²) in [6, 6.07) is 7.59. The van der Waals surface area contributed by atoms with E-state index in [2.05, 4.69) is 5.32 Å². The van der Waals surface area contributed by atoms with Gasteiger partial charge in [-0.25, -0.2) is 4.79 Å². The van der Waals surface area contributed by atoms with Crippen LogP contribution in [-0.2, 0) is 20.7 Å². The molecule has 1 amide bonds. The summed E-state index contributed by atoms with van der Waals surface area (Å²) >= 11 is 0. The first-order chi connectivity index (χ1) is 10.5. The van der Waals surface area contributed by atoms with E-state index < -0.39 is 18.2 Å². The second-order valence-corrected chi connectivity index (χ2v) is 5.49. The van der Waals surface area contributed by atoms with E-state index in [1.54, 1.807) is 7.11 Å². The minimum absolute atomic E-state index is 0.0768. The fraction of sp³-hybridized carbons (Fsp3) is 0.500. The number of carbonyl (C=O) groups is 2. The number of carboxylic acid groups (broad SMARTS) is 1. The van der Waals surface area contributed by atoms with E-state index in [0.717, 1.165) is 11.3 Å². The molecule has 1 aliphatic heterocycles. The Kier molecular flexibility index (Phi) is 5.38. The van der Waals surface area contributed by atoms with Crippen LogP contribution in [0.4, 0.5) is 0 Å². The van der Waals surface area contributed by atoms with Crippen molar-refractivity contribution < 1.29 is 24.2 Å². The molecule has 6 nitrogen and oxygen atoms in total. The van der Waals surface area contributed by atoms with Crippen molar-refractivity contribution in [1.29, 1.82) is 0 Å². The molecule has 1 fully saturated rings. The molecule has 6 heteroatoms. The quantitative estimate of drug-likeness (QED) is 0.829. The van der Waals surface area contributed by atoms with Gasteiger partial charge in [-0.2, -0.15) is 0 Å². The fourth-order valence-electron chi connectivity index (χ4n) is 2.55. The molecule has 0 saturated carbocycles. The van der Waals surface area contributed by atoms with Crippen LogP contribution in [0.5, 0.6) is 5.75 Å². The second-order valence-electron chi connectivity index (χ2n) is 5.49. The van der Waals surface area contributed by atoms with Gasteiger partial charge < -0.3 is 19.9 Å². The smallest absolute Gasteiger partial charge is 0.332 e. The molecule has 1 saturated heterocycles. The summed E-state index contributed by atoms with van der Waals surface area (Å²) in [5, 5.41) is 11.7. The number of ether oxygens (including phenoxy) is 2. The molecule has 0 spiro atoms. The van der Waals surface area contributed by atoms with Gasteiger partial charge in [0.25, 0.3) is 0 Å². The van der Waals surface area contributed by atoms with E-state index in [9.17, 15) is 9.59 Å². The lowest BCUT2D eigenvalue weighted by Gasteiger charge is -2.17. The molecule has 1 aromatic carbocycles. The average Bonchev–Trinajstić information content (AvgIpc) is 2.97. The van der Waals surface area contributed by atoms with Crippen molar-refractivity contribution in [2.45, 2.75) is 44.4 Å². The number of benzene rings is 1. The summed E-state index contributed by atoms with van der Waals surface area (Å²) in [6.07, 6.45) is -0.0667. The lowest BCUT2D eigenvalue weighted by Crippen LogP contribution is -2.41. The highest BCUT2D eigenvalue weighted by Gasteiger charge is 2.34. The van der Waals surface area contributed by atoms with Crippen LogP contribution in [0.3, 0.4) is 0 Å². The first-order valence-corrected chi connectivity index (χ1v) is 7.31. The second kappa shape index (κ2) is 7.26.